The van der Waals surface area contributed by atoms with Gasteiger partial charge in [-0.2, -0.15) is 0 Å². The number of para-hydroxylation sites is 1. The van der Waals surface area contributed by atoms with Crippen LogP contribution in [0.1, 0.15) is 31.4 Å². The molecular weight excluding hydrogens is 384 g/mol. The van der Waals surface area contributed by atoms with Crippen LogP contribution in [0.25, 0.3) is 0 Å². The van der Waals surface area contributed by atoms with Gasteiger partial charge >= 0.3 is 6.03 Å². The van der Waals surface area contributed by atoms with Gasteiger partial charge in [0.05, 0.1) is 16.9 Å². The molecule has 30 heavy (non-hydrogen) atoms. The van der Waals surface area contributed by atoms with E-state index in [2.05, 4.69) is 5.32 Å². The highest BCUT2D eigenvalue weighted by molar-refractivity contribution is 5.90. The average molecular weight is 410 g/mol. The molecule has 1 fully saturated rings. The van der Waals surface area contributed by atoms with Gasteiger partial charge in [0.1, 0.15) is 0 Å². The summed E-state index contributed by atoms with van der Waals surface area (Å²) in [6.07, 6.45) is 1.46. The van der Waals surface area contributed by atoms with Gasteiger partial charge < -0.3 is 15.1 Å². The van der Waals surface area contributed by atoms with Crippen molar-refractivity contribution in [3.8, 4) is 0 Å². The highest BCUT2D eigenvalue weighted by Gasteiger charge is 2.32. The summed E-state index contributed by atoms with van der Waals surface area (Å²) in [5.41, 5.74) is 1.42. The molecule has 0 bridgehead atoms. The van der Waals surface area contributed by atoms with Crippen LogP contribution >= 0.6 is 0 Å². The number of nitrogens with one attached hydrogen (secondary N) is 1. The van der Waals surface area contributed by atoms with E-state index in [1.165, 1.54) is 12.1 Å². The molecule has 1 aliphatic rings. The van der Waals surface area contributed by atoms with Crippen molar-refractivity contribution in [3.63, 3.8) is 0 Å². The molecule has 1 saturated heterocycles. The topological polar surface area (TPSA) is 95.8 Å². The predicted octanol–water partition coefficient (Wildman–Crippen LogP) is 4.06. The van der Waals surface area contributed by atoms with Crippen molar-refractivity contribution in [1.29, 1.82) is 0 Å². The maximum Gasteiger partial charge on any atom is 0.321 e. The standard InChI is InChI=1S/C22H26N4O4/c1-16(17-8-6-12-20(14-17)26(29)30)24(2)21(27)18-9-7-13-25(15-18)22(28)23-19-10-4-3-5-11-19/h3-6,8,10-12,14,16,18H,7,9,13,15H2,1-2H3,(H,23,28)/t16-,18-/m1/s1. The van der Waals surface area contributed by atoms with E-state index in [1.54, 1.807) is 29.0 Å². The highest BCUT2D eigenvalue weighted by Crippen LogP contribution is 2.27. The van der Waals surface area contributed by atoms with Crippen molar-refractivity contribution in [2.24, 2.45) is 5.92 Å². The molecule has 0 unspecified atom stereocenters. The van der Waals surface area contributed by atoms with Gasteiger partial charge in [0.25, 0.3) is 5.69 Å². The van der Waals surface area contributed by atoms with Crippen molar-refractivity contribution in [2.75, 3.05) is 25.5 Å². The lowest BCUT2D eigenvalue weighted by Gasteiger charge is -2.35. The van der Waals surface area contributed by atoms with Crippen molar-refractivity contribution < 1.29 is 14.5 Å². The number of amides is 3. The first-order chi connectivity index (χ1) is 14.4. The average Bonchev–Trinajstić information content (AvgIpc) is 2.78. The third-order valence-electron chi connectivity index (χ3n) is 5.57. The van der Waals surface area contributed by atoms with E-state index in [-0.39, 0.29) is 29.6 Å². The normalized spacial score (nSPS) is 17.1. The summed E-state index contributed by atoms with van der Waals surface area (Å²) in [6.45, 7) is 2.80. The number of urea groups is 1. The molecule has 1 heterocycles. The van der Waals surface area contributed by atoms with E-state index in [0.29, 0.717) is 30.8 Å². The number of benzene rings is 2. The minimum absolute atomic E-state index is 0.00150. The van der Waals surface area contributed by atoms with Crippen LogP contribution in [0.2, 0.25) is 0 Å². The Labute approximate surface area is 175 Å². The summed E-state index contributed by atoms with van der Waals surface area (Å²) in [5, 5.41) is 13.9. The van der Waals surface area contributed by atoms with Crippen LogP contribution in [-0.4, -0.2) is 46.8 Å². The molecule has 8 heteroatoms. The van der Waals surface area contributed by atoms with Gasteiger partial charge in [-0.05, 0) is 37.5 Å². The number of carbonyl (C=O) groups excluding carboxylic acids is 2. The number of nitro groups is 1. The molecule has 1 N–H and O–H groups in total. The van der Waals surface area contributed by atoms with Gasteiger partial charge in [0.2, 0.25) is 5.91 Å². The molecule has 2 aromatic rings. The van der Waals surface area contributed by atoms with E-state index in [4.69, 9.17) is 0 Å². The Morgan fingerprint density at radius 1 is 1.20 bits per heavy atom. The van der Waals surface area contributed by atoms with E-state index in [9.17, 15) is 19.7 Å². The van der Waals surface area contributed by atoms with Crippen LogP contribution in [-0.2, 0) is 4.79 Å². The molecule has 0 radical (unpaired) electrons. The zero-order valence-corrected chi connectivity index (χ0v) is 17.2. The summed E-state index contributed by atoms with van der Waals surface area (Å²) < 4.78 is 0. The third kappa shape index (κ3) is 4.94. The van der Waals surface area contributed by atoms with Crippen LogP contribution < -0.4 is 5.32 Å². The molecule has 0 aliphatic carbocycles. The molecular formula is C22H26N4O4. The number of anilines is 1. The number of hydrogen-bond acceptors (Lipinski definition) is 4. The van der Waals surface area contributed by atoms with Gasteiger partial charge in [0, 0.05) is 38.0 Å². The van der Waals surface area contributed by atoms with Gasteiger partial charge in [-0.15, -0.1) is 0 Å². The number of hydrogen-bond donors (Lipinski definition) is 1. The van der Waals surface area contributed by atoms with E-state index < -0.39 is 4.92 Å². The van der Waals surface area contributed by atoms with Crippen molar-refractivity contribution >= 4 is 23.3 Å². The highest BCUT2D eigenvalue weighted by atomic mass is 16.6. The van der Waals surface area contributed by atoms with E-state index in [0.717, 1.165) is 6.42 Å². The number of non-ortho nitro benzene ring substituents is 1. The van der Waals surface area contributed by atoms with Gasteiger partial charge in [-0.25, -0.2) is 4.79 Å². The third-order valence-corrected chi connectivity index (χ3v) is 5.57. The second-order valence-corrected chi connectivity index (χ2v) is 7.56. The quantitative estimate of drug-likeness (QED) is 0.594. The molecule has 158 valence electrons. The van der Waals surface area contributed by atoms with Crippen LogP contribution in [0.15, 0.2) is 54.6 Å². The molecule has 2 aromatic carbocycles. The smallest absolute Gasteiger partial charge is 0.321 e. The Kier molecular flexibility index (Phi) is 6.66. The number of likely N-dealkylation sites (tertiary alicyclic amines) is 1. The number of nitro benzene ring substituents is 1. The summed E-state index contributed by atoms with van der Waals surface area (Å²) in [4.78, 5) is 39.6. The van der Waals surface area contributed by atoms with Gasteiger partial charge in [-0.3, -0.25) is 14.9 Å². The zero-order valence-electron chi connectivity index (χ0n) is 17.2. The number of rotatable bonds is 5. The zero-order chi connectivity index (χ0) is 21.7. The number of carbonyl (C=O) groups is 2. The SMILES string of the molecule is C[C@H](c1cccc([N+](=O)[O-])c1)N(C)C(=O)[C@@H]1CCCN(C(=O)Nc2ccccc2)C1. The minimum atomic E-state index is -0.442. The molecule has 3 amide bonds. The fourth-order valence-electron chi connectivity index (χ4n) is 3.69. The summed E-state index contributed by atoms with van der Waals surface area (Å²) in [5.74, 6) is -0.363. The lowest BCUT2D eigenvalue weighted by atomic mass is 9.95. The second kappa shape index (κ2) is 9.39. The second-order valence-electron chi connectivity index (χ2n) is 7.56. The number of piperidine rings is 1. The summed E-state index contributed by atoms with van der Waals surface area (Å²) in [6, 6.07) is 15.0. The molecule has 3 rings (SSSR count). The van der Waals surface area contributed by atoms with Crippen molar-refractivity contribution in [1.82, 2.24) is 9.80 Å². The first-order valence-corrected chi connectivity index (χ1v) is 9.99. The Morgan fingerprint density at radius 3 is 2.63 bits per heavy atom. The van der Waals surface area contributed by atoms with Crippen LogP contribution in [0.5, 0.6) is 0 Å². The van der Waals surface area contributed by atoms with Crippen LogP contribution in [0.3, 0.4) is 0 Å². The molecule has 0 aromatic heterocycles. The van der Waals surface area contributed by atoms with Gasteiger partial charge in [0.15, 0.2) is 0 Å². The minimum Gasteiger partial charge on any atom is -0.339 e. The molecule has 8 nitrogen and oxygen atoms in total. The Bertz CT molecular complexity index is 918. The van der Waals surface area contributed by atoms with Crippen molar-refractivity contribution in [3.05, 3.63) is 70.3 Å². The van der Waals surface area contributed by atoms with Crippen LogP contribution in [0.4, 0.5) is 16.2 Å². The molecule has 1 aliphatic heterocycles. The van der Waals surface area contributed by atoms with E-state index >= 15 is 0 Å². The Hall–Kier alpha value is -3.42. The molecule has 0 spiro atoms. The summed E-state index contributed by atoms with van der Waals surface area (Å²) in [7, 11) is 1.70. The van der Waals surface area contributed by atoms with Crippen molar-refractivity contribution in [2.45, 2.75) is 25.8 Å². The lowest BCUT2D eigenvalue weighted by Crippen LogP contribution is -2.47. The Balaban J connectivity index is 1.64. The lowest BCUT2D eigenvalue weighted by molar-refractivity contribution is -0.384. The summed E-state index contributed by atoms with van der Waals surface area (Å²) >= 11 is 0. The monoisotopic (exact) mass is 410 g/mol. The molecule has 0 saturated carbocycles. The van der Waals surface area contributed by atoms with E-state index in [1.807, 2.05) is 37.3 Å². The largest absolute Gasteiger partial charge is 0.339 e. The molecule has 2 atom stereocenters. The fourth-order valence-corrected chi connectivity index (χ4v) is 3.69. The predicted molar refractivity (Wildman–Crippen MR) is 114 cm³/mol. The first kappa shape index (κ1) is 21.3. The fraction of sp³-hybridized carbons (Fsp3) is 0.364. The maximum atomic E-state index is 13.1. The Morgan fingerprint density at radius 2 is 1.93 bits per heavy atom. The number of nitrogens with zero attached hydrogens (tertiary/aromatic N) is 3. The van der Waals surface area contributed by atoms with Crippen LogP contribution in [0, 0.1) is 16.0 Å². The maximum absolute atomic E-state index is 13.1. The first-order valence-electron chi connectivity index (χ1n) is 9.99. The van der Waals surface area contributed by atoms with Gasteiger partial charge in [-0.1, -0.05) is 30.3 Å².